The second-order valence-corrected chi connectivity index (χ2v) is 7.26. The van der Waals surface area contributed by atoms with Gasteiger partial charge in [0.15, 0.2) is 0 Å². The monoisotopic (exact) mass is 388 g/mol. The van der Waals surface area contributed by atoms with Crippen LogP contribution in [0.1, 0.15) is 36.1 Å². The molecule has 1 aliphatic rings. The summed E-state index contributed by atoms with van der Waals surface area (Å²) in [5.74, 6) is 0.784. The third-order valence-electron chi connectivity index (χ3n) is 5.57. The lowest BCUT2D eigenvalue weighted by Crippen LogP contribution is -2.32. The van der Waals surface area contributed by atoms with Gasteiger partial charge in [0, 0.05) is 47.2 Å². The summed E-state index contributed by atoms with van der Waals surface area (Å²) in [7, 11) is 1.67. The molecule has 2 unspecified atom stereocenters. The summed E-state index contributed by atoms with van der Waals surface area (Å²) >= 11 is 0. The first kappa shape index (κ1) is 19.2. The van der Waals surface area contributed by atoms with Crippen molar-refractivity contribution >= 4 is 5.70 Å². The number of halogens is 1. The molecule has 29 heavy (non-hydrogen) atoms. The van der Waals surface area contributed by atoms with Gasteiger partial charge in [0.1, 0.15) is 11.6 Å². The van der Waals surface area contributed by atoms with Crippen LogP contribution in [0.4, 0.5) is 4.39 Å². The number of aromatic nitrogens is 1. The second kappa shape index (κ2) is 8.48. The van der Waals surface area contributed by atoms with E-state index < -0.39 is 0 Å². The predicted octanol–water partition coefficient (Wildman–Crippen LogP) is 5.65. The first-order chi connectivity index (χ1) is 14.2. The standard InChI is InChI=1S/C25H25FN2O/c1-3-24-21(23-13-6-7-14-27-23)16-25(18-10-8-11-20(15-18)29-2)28(24)17-19-9-4-5-12-22(19)26/h4-16,21,24H,3,17H2,1-2H3. The van der Waals surface area contributed by atoms with Crippen molar-refractivity contribution in [2.75, 3.05) is 7.11 Å². The maximum atomic E-state index is 14.5. The van der Waals surface area contributed by atoms with Gasteiger partial charge in [-0.15, -0.1) is 0 Å². The minimum absolute atomic E-state index is 0.147. The lowest BCUT2D eigenvalue weighted by atomic mass is 9.95. The molecule has 3 nitrogen and oxygen atoms in total. The Labute approximate surface area is 171 Å². The SMILES string of the molecule is CCC1C(c2ccccn2)C=C(c2cccc(OC)c2)N1Cc1ccccc1F. The van der Waals surface area contributed by atoms with Crippen molar-refractivity contribution < 1.29 is 9.13 Å². The number of pyridine rings is 1. The van der Waals surface area contributed by atoms with E-state index in [1.54, 1.807) is 13.2 Å². The van der Waals surface area contributed by atoms with E-state index in [9.17, 15) is 4.39 Å². The van der Waals surface area contributed by atoms with Gasteiger partial charge in [0.05, 0.1) is 7.11 Å². The molecule has 2 heterocycles. The highest BCUT2D eigenvalue weighted by molar-refractivity contribution is 5.69. The topological polar surface area (TPSA) is 25.4 Å². The number of nitrogens with zero attached hydrogens (tertiary/aromatic N) is 2. The summed E-state index contributed by atoms with van der Waals surface area (Å²) in [5, 5.41) is 0. The highest BCUT2D eigenvalue weighted by atomic mass is 19.1. The molecule has 2 aromatic carbocycles. The van der Waals surface area contributed by atoms with Crippen molar-refractivity contribution in [2.24, 2.45) is 0 Å². The molecule has 148 valence electrons. The minimum atomic E-state index is -0.173. The lowest BCUT2D eigenvalue weighted by molar-refractivity contribution is 0.276. The summed E-state index contributed by atoms with van der Waals surface area (Å²) in [4.78, 5) is 6.92. The molecule has 0 N–H and O–H groups in total. The van der Waals surface area contributed by atoms with Crippen LogP contribution in [0.2, 0.25) is 0 Å². The maximum absolute atomic E-state index is 14.5. The van der Waals surface area contributed by atoms with Crippen molar-refractivity contribution in [3.8, 4) is 5.75 Å². The van der Waals surface area contributed by atoms with Gasteiger partial charge in [-0.3, -0.25) is 4.98 Å². The summed E-state index contributed by atoms with van der Waals surface area (Å²) < 4.78 is 19.9. The van der Waals surface area contributed by atoms with Crippen LogP contribution in [0.15, 0.2) is 79.0 Å². The average Bonchev–Trinajstić information content (AvgIpc) is 3.14. The minimum Gasteiger partial charge on any atom is -0.497 e. The van der Waals surface area contributed by atoms with Gasteiger partial charge in [0.2, 0.25) is 0 Å². The second-order valence-electron chi connectivity index (χ2n) is 7.26. The Morgan fingerprint density at radius 3 is 2.59 bits per heavy atom. The van der Waals surface area contributed by atoms with Crippen molar-refractivity contribution in [1.29, 1.82) is 0 Å². The van der Waals surface area contributed by atoms with E-state index >= 15 is 0 Å². The Kier molecular flexibility index (Phi) is 5.61. The van der Waals surface area contributed by atoms with E-state index in [-0.39, 0.29) is 17.8 Å². The van der Waals surface area contributed by atoms with E-state index in [0.717, 1.165) is 29.1 Å². The fourth-order valence-corrected chi connectivity index (χ4v) is 4.14. The number of hydrogen-bond acceptors (Lipinski definition) is 3. The molecule has 4 heteroatoms. The number of methoxy groups -OCH3 is 1. The zero-order valence-corrected chi connectivity index (χ0v) is 16.8. The Morgan fingerprint density at radius 2 is 1.86 bits per heavy atom. The highest BCUT2D eigenvalue weighted by Crippen LogP contribution is 2.41. The van der Waals surface area contributed by atoms with Crippen LogP contribution < -0.4 is 4.74 Å². The van der Waals surface area contributed by atoms with Gasteiger partial charge in [-0.05, 0) is 42.8 Å². The van der Waals surface area contributed by atoms with E-state index in [4.69, 9.17) is 4.74 Å². The molecule has 1 aliphatic heterocycles. The van der Waals surface area contributed by atoms with Crippen LogP contribution in [0.25, 0.3) is 5.70 Å². The number of hydrogen-bond donors (Lipinski definition) is 0. The van der Waals surface area contributed by atoms with Crippen LogP contribution in [0.3, 0.4) is 0 Å². The van der Waals surface area contributed by atoms with Gasteiger partial charge in [-0.2, -0.15) is 0 Å². The van der Waals surface area contributed by atoms with Gasteiger partial charge >= 0.3 is 0 Å². The third kappa shape index (κ3) is 3.88. The predicted molar refractivity (Wildman–Crippen MR) is 114 cm³/mol. The van der Waals surface area contributed by atoms with Gasteiger partial charge < -0.3 is 9.64 Å². The largest absolute Gasteiger partial charge is 0.497 e. The molecule has 0 bridgehead atoms. The van der Waals surface area contributed by atoms with E-state index in [1.165, 1.54) is 6.07 Å². The molecule has 3 aromatic rings. The van der Waals surface area contributed by atoms with E-state index in [0.29, 0.717) is 12.1 Å². The van der Waals surface area contributed by atoms with Crippen LogP contribution in [-0.2, 0) is 6.54 Å². The molecule has 0 spiro atoms. The summed E-state index contributed by atoms with van der Waals surface area (Å²) in [6.07, 6.45) is 5.03. The number of benzene rings is 2. The number of ether oxygens (including phenoxy) is 1. The quantitative estimate of drug-likeness (QED) is 0.546. The average molecular weight is 388 g/mol. The van der Waals surface area contributed by atoms with Crippen LogP contribution in [-0.4, -0.2) is 23.0 Å². The van der Waals surface area contributed by atoms with Crippen LogP contribution in [0.5, 0.6) is 5.75 Å². The molecular weight excluding hydrogens is 363 g/mol. The van der Waals surface area contributed by atoms with Crippen molar-refractivity contribution in [2.45, 2.75) is 31.8 Å². The summed E-state index contributed by atoms with van der Waals surface area (Å²) in [6, 6.07) is 21.3. The fourth-order valence-electron chi connectivity index (χ4n) is 4.14. The lowest BCUT2D eigenvalue weighted by Gasteiger charge is -2.32. The molecule has 2 atom stereocenters. The van der Waals surface area contributed by atoms with Crippen molar-refractivity contribution in [1.82, 2.24) is 9.88 Å². The summed E-state index contributed by atoms with van der Waals surface area (Å²) in [5.41, 5.74) is 3.89. The van der Waals surface area contributed by atoms with Gasteiger partial charge in [0.25, 0.3) is 0 Å². The number of rotatable bonds is 6. The summed E-state index contributed by atoms with van der Waals surface area (Å²) in [6.45, 7) is 2.69. The van der Waals surface area contributed by atoms with Crippen molar-refractivity contribution in [3.63, 3.8) is 0 Å². The molecule has 0 aliphatic carbocycles. The highest BCUT2D eigenvalue weighted by Gasteiger charge is 2.35. The van der Waals surface area contributed by atoms with E-state index in [2.05, 4.69) is 35.0 Å². The van der Waals surface area contributed by atoms with Crippen LogP contribution in [0, 0.1) is 5.82 Å². The smallest absolute Gasteiger partial charge is 0.128 e. The Balaban J connectivity index is 1.78. The van der Waals surface area contributed by atoms with Gasteiger partial charge in [-0.1, -0.05) is 43.3 Å². The molecular formula is C25H25FN2O. The Hall–Kier alpha value is -3.14. The molecule has 4 rings (SSSR count). The first-order valence-electron chi connectivity index (χ1n) is 9.98. The molecule has 0 saturated heterocycles. The zero-order chi connectivity index (χ0) is 20.2. The fraction of sp³-hybridized carbons (Fsp3) is 0.240. The molecule has 0 saturated carbocycles. The Bertz CT molecular complexity index is 1000. The molecule has 0 fully saturated rings. The van der Waals surface area contributed by atoms with Gasteiger partial charge in [-0.25, -0.2) is 4.39 Å². The third-order valence-corrected chi connectivity index (χ3v) is 5.57. The van der Waals surface area contributed by atoms with Crippen molar-refractivity contribution in [3.05, 3.63) is 102 Å². The first-order valence-corrected chi connectivity index (χ1v) is 9.98. The molecule has 0 amide bonds. The Morgan fingerprint density at radius 1 is 1.03 bits per heavy atom. The molecule has 1 aromatic heterocycles. The maximum Gasteiger partial charge on any atom is 0.128 e. The van der Waals surface area contributed by atoms with E-state index in [1.807, 2.05) is 48.7 Å². The molecule has 0 radical (unpaired) electrons. The zero-order valence-electron chi connectivity index (χ0n) is 16.8. The normalized spacial score (nSPS) is 18.6. The van der Waals surface area contributed by atoms with Crippen LogP contribution >= 0.6 is 0 Å².